The van der Waals surface area contributed by atoms with Crippen LogP contribution in [0.15, 0.2) is 102 Å². The van der Waals surface area contributed by atoms with E-state index in [0.29, 0.717) is 48.8 Å². The van der Waals surface area contributed by atoms with Crippen molar-refractivity contribution in [2.75, 3.05) is 59.4 Å². The highest BCUT2D eigenvalue weighted by molar-refractivity contribution is 6.03. The summed E-state index contributed by atoms with van der Waals surface area (Å²) in [5, 5.41) is 34.9. The summed E-state index contributed by atoms with van der Waals surface area (Å²) in [7, 11) is 0. The van der Waals surface area contributed by atoms with E-state index in [1.54, 1.807) is 11.0 Å². The standard InChI is InChI=1S/C61H86N2O11/c1-3-5-6-7-8-9-10-11-12-21-40-70-60(67)63(34-41-68-42-37-66)56-45-54(62-74-57-27-18-22-39-69-57)52-43-48(25-16-19-35-64)51(26-17-20-36-65)58-53-44-50(32-33-55(53)73-61(56,59(52)58)71-38-4-2)72-49-30-28-47(29-31-49)46-23-14-13-15-24-46/h4,13-15,23-24,28-33,43-44,48,51,56-59,64-66H,2-3,5-12,16-22,25-27,34-42,45H2,1H3. The lowest BCUT2D eigenvalue weighted by molar-refractivity contribution is -0.256. The molecule has 2 fully saturated rings. The van der Waals surface area contributed by atoms with Crippen LogP contribution >= 0.6 is 0 Å². The number of carbonyl (C=O) groups excluding carboxylic acids is 1. The summed E-state index contributed by atoms with van der Waals surface area (Å²) in [5.41, 5.74) is 4.78. The molecule has 13 nitrogen and oxygen atoms in total. The van der Waals surface area contributed by atoms with E-state index < -0.39 is 30.1 Å². The highest BCUT2D eigenvalue weighted by Crippen LogP contribution is 2.62. The van der Waals surface area contributed by atoms with Gasteiger partial charge in [-0.15, -0.1) is 6.58 Å². The topological polar surface area (TPSA) is 158 Å². The lowest BCUT2D eigenvalue weighted by Gasteiger charge is -2.59. The number of rotatable bonds is 33. The third kappa shape index (κ3) is 15.4. The predicted octanol–water partition coefficient (Wildman–Crippen LogP) is 12.7. The number of oxime groups is 1. The minimum absolute atomic E-state index is 0.0241. The average Bonchev–Trinajstić information content (AvgIpc) is 3.44. The number of unbranched alkanes of at least 4 members (excludes halogenated alkanes) is 11. The summed E-state index contributed by atoms with van der Waals surface area (Å²) in [6, 6.07) is 23.6. The number of amides is 1. The molecule has 3 aromatic rings. The van der Waals surface area contributed by atoms with Gasteiger partial charge in [0.2, 0.25) is 12.1 Å². The monoisotopic (exact) mass is 1020 g/mol. The summed E-state index contributed by atoms with van der Waals surface area (Å²) in [5.74, 6) is -0.207. The fourth-order valence-electron chi connectivity index (χ4n) is 11.6. The van der Waals surface area contributed by atoms with Crippen molar-refractivity contribution in [2.45, 2.75) is 159 Å². The number of carbonyl (C=O) groups is 1. The first kappa shape index (κ1) is 57.0. The first-order valence-electron chi connectivity index (χ1n) is 28.3. The first-order chi connectivity index (χ1) is 36.4. The summed E-state index contributed by atoms with van der Waals surface area (Å²) in [4.78, 5) is 23.0. The van der Waals surface area contributed by atoms with Crippen LogP contribution in [-0.2, 0) is 23.8 Å². The number of benzene rings is 3. The molecule has 2 aliphatic carbocycles. The van der Waals surface area contributed by atoms with Crippen molar-refractivity contribution < 1.29 is 53.4 Å². The lowest BCUT2D eigenvalue weighted by Crippen LogP contribution is -2.70. The zero-order valence-electron chi connectivity index (χ0n) is 44.3. The SMILES string of the molecule is C=CCOC12Oc3ccc(Oc4ccc(-c5ccccc5)cc4)cc3C3C(CCCCO)C(CCCCO)C=C(C(=NOC4CCCCO4)CC1N(CCOCCO)C(=O)OCCCCCCCCCCCC)C32. The smallest absolute Gasteiger partial charge is 0.410 e. The Morgan fingerprint density at radius 1 is 0.797 bits per heavy atom. The first-order valence-corrected chi connectivity index (χ1v) is 28.3. The molecule has 3 aromatic carbocycles. The van der Waals surface area contributed by atoms with Crippen molar-refractivity contribution in [1.82, 2.24) is 4.90 Å². The van der Waals surface area contributed by atoms with Gasteiger partial charge in [-0.3, -0.25) is 4.90 Å². The van der Waals surface area contributed by atoms with E-state index in [2.05, 4.69) is 49.9 Å². The third-order valence-corrected chi connectivity index (χ3v) is 15.3. The molecule has 13 heteroatoms. The van der Waals surface area contributed by atoms with Crippen LogP contribution in [0.5, 0.6) is 17.2 Å². The Kier molecular flexibility index (Phi) is 23.6. The number of aliphatic hydroxyl groups excluding tert-OH is 3. The molecule has 74 heavy (non-hydrogen) atoms. The van der Waals surface area contributed by atoms with Crippen molar-refractivity contribution in [3.05, 3.63) is 103 Å². The van der Waals surface area contributed by atoms with Gasteiger partial charge in [-0.25, -0.2) is 4.79 Å². The second-order valence-corrected chi connectivity index (χ2v) is 20.5. The molecule has 7 atom stereocenters. The molecule has 2 heterocycles. The van der Waals surface area contributed by atoms with Crippen molar-refractivity contribution in [1.29, 1.82) is 0 Å². The number of allylic oxidation sites excluding steroid dienone is 1. The predicted molar refractivity (Wildman–Crippen MR) is 289 cm³/mol. The van der Waals surface area contributed by atoms with Gasteiger partial charge in [0.05, 0.1) is 51.3 Å². The van der Waals surface area contributed by atoms with E-state index >= 15 is 0 Å². The van der Waals surface area contributed by atoms with E-state index in [9.17, 15) is 20.1 Å². The molecule has 7 rings (SSSR count). The summed E-state index contributed by atoms with van der Waals surface area (Å²) >= 11 is 0. The largest absolute Gasteiger partial charge is 0.459 e. The maximum absolute atomic E-state index is 14.9. The fraction of sp³-hybridized carbons (Fsp3) is 0.607. The van der Waals surface area contributed by atoms with Crippen molar-refractivity contribution in [2.24, 2.45) is 22.9 Å². The van der Waals surface area contributed by atoms with Crippen molar-refractivity contribution in [3.8, 4) is 28.4 Å². The van der Waals surface area contributed by atoms with Gasteiger partial charge in [-0.05, 0) is 104 Å². The van der Waals surface area contributed by atoms with Gasteiger partial charge >= 0.3 is 6.09 Å². The molecule has 0 bridgehead atoms. The van der Waals surface area contributed by atoms with Crippen LogP contribution in [0.25, 0.3) is 11.1 Å². The van der Waals surface area contributed by atoms with Gasteiger partial charge < -0.3 is 48.6 Å². The van der Waals surface area contributed by atoms with Crippen LogP contribution in [0.4, 0.5) is 4.79 Å². The molecule has 2 aliphatic heterocycles. The van der Waals surface area contributed by atoms with Crippen molar-refractivity contribution in [3.63, 3.8) is 0 Å². The van der Waals surface area contributed by atoms with Crippen LogP contribution in [0.1, 0.15) is 147 Å². The minimum atomic E-state index is -1.48. The van der Waals surface area contributed by atoms with E-state index in [-0.39, 0.29) is 77.0 Å². The Labute approximate surface area is 441 Å². The molecular weight excluding hydrogens is 937 g/mol. The molecule has 4 aliphatic rings. The quantitative estimate of drug-likeness (QED) is 0.0303. The van der Waals surface area contributed by atoms with Gasteiger partial charge in [-0.2, -0.15) is 0 Å². The van der Waals surface area contributed by atoms with Crippen LogP contribution in [-0.4, -0.2) is 110 Å². The summed E-state index contributed by atoms with van der Waals surface area (Å²) in [6.07, 6.45) is 22.0. The second-order valence-electron chi connectivity index (χ2n) is 20.5. The maximum Gasteiger partial charge on any atom is 0.410 e. The van der Waals surface area contributed by atoms with Gasteiger partial charge in [-0.1, -0.05) is 137 Å². The number of aliphatic hydroxyl groups is 3. The average molecular weight is 1020 g/mol. The van der Waals surface area contributed by atoms with Gasteiger partial charge in [0, 0.05) is 44.1 Å². The molecule has 1 saturated heterocycles. The molecule has 0 radical (unpaired) electrons. The second kappa shape index (κ2) is 30.7. The van der Waals surface area contributed by atoms with Crippen molar-refractivity contribution >= 4 is 11.8 Å². The fourth-order valence-corrected chi connectivity index (χ4v) is 11.6. The van der Waals surface area contributed by atoms with Gasteiger partial charge in [0.15, 0.2) is 0 Å². The Bertz CT molecular complexity index is 2180. The Hall–Kier alpha value is -4.76. The van der Waals surface area contributed by atoms with E-state index in [1.807, 2.05) is 42.5 Å². The maximum atomic E-state index is 14.9. The normalized spacial score (nSPS) is 23.5. The third-order valence-electron chi connectivity index (χ3n) is 15.3. The van der Waals surface area contributed by atoms with E-state index in [0.717, 1.165) is 80.1 Å². The van der Waals surface area contributed by atoms with Gasteiger partial charge in [0.25, 0.3) is 0 Å². The number of fused-ring (bicyclic) bond motifs is 2. The highest BCUT2D eigenvalue weighted by atomic mass is 16.8. The molecule has 1 amide bonds. The molecule has 0 aromatic heterocycles. The van der Waals surface area contributed by atoms with E-state index in [1.165, 1.54) is 44.9 Å². The van der Waals surface area contributed by atoms with Gasteiger partial charge in [0.1, 0.15) is 23.3 Å². The van der Waals surface area contributed by atoms with Crippen LogP contribution in [0, 0.1) is 17.8 Å². The Morgan fingerprint density at radius 3 is 2.22 bits per heavy atom. The number of ether oxygens (including phenoxy) is 6. The van der Waals surface area contributed by atoms with Crippen LogP contribution < -0.4 is 9.47 Å². The Balaban J connectivity index is 1.30. The molecule has 3 N–H and O–H groups in total. The molecule has 406 valence electrons. The lowest BCUT2D eigenvalue weighted by atomic mass is 9.55. The molecule has 7 unspecified atom stereocenters. The zero-order valence-corrected chi connectivity index (χ0v) is 44.3. The van der Waals surface area contributed by atoms with Crippen LogP contribution in [0.2, 0.25) is 0 Å². The van der Waals surface area contributed by atoms with Crippen LogP contribution in [0.3, 0.4) is 0 Å². The molecule has 0 spiro atoms. The minimum Gasteiger partial charge on any atom is -0.459 e. The highest BCUT2D eigenvalue weighted by Gasteiger charge is 2.65. The van der Waals surface area contributed by atoms with E-state index in [4.69, 9.17) is 38.4 Å². The summed E-state index contributed by atoms with van der Waals surface area (Å²) < 4.78 is 39.5. The summed E-state index contributed by atoms with van der Waals surface area (Å²) in [6.45, 7) is 7.72. The number of hydrogen-bond donors (Lipinski definition) is 3. The number of nitrogens with zero attached hydrogens (tertiary/aromatic N) is 2. The molecule has 1 saturated carbocycles. The molecular formula is C61H86N2O11. The zero-order chi connectivity index (χ0) is 51.8. The Morgan fingerprint density at radius 2 is 1.51 bits per heavy atom. The number of hydrogen-bond acceptors (Lipinski definition) is 12.